The molecule has 2 aliphatic heterocycles. The van der Waals surface area contributed by atoms with Crippen LogP contribution in [0.5, 0.6) is 11.5 Å². The number of hydrogen-bond donors (Lipinski definition) is 1. The predicted octanol–water partition coefficient (Wildman–Crippen LogP) is 5.34. The minimum atomic E-state index is 0.190. The van der Waals surface area contributed by atoms with Crippen LogP contribution in [0.15, 0.2) is 54.9 Å². The van der Waals surface area contributed by atoms with Gasteiger partial charge in [-0.25, -0.2) is 0 Å². The van der Waals surface area contributed by atoms with Gasteiger partial charge in [0.15, 0.2) is 0 Å². The number of amides is 1. The second-order valence-corrected chi connectivity index (χ2v) is 9.92. The number of carbonyl (C=O) groups is 1. The molecule has 1 N–H and O–H groups in total. The molecule has 2 fully saturated rings. The second-order valence-electron chi connectivity index (χ2n) is 9.92. The number of fused-ring (bicyclic) bond motifs is 1. The van der Waals surface area contributed by atoms with E-state index >= 15 is 0 Å². The lowest BCUT2D eigenvalue weighted by Gasteiger charge is -2.36. The van der Waals surface area contributed by atoms with Crippen molar-refractivity contribution >= 4 is 11.6 Å². The lowest BCUT2D eigenvalue weighted by Crippen LogP contribution is -2.43. The average Bonchev–Trinajstić information content (AvgIpc) is 3.61. The van der Waals surface area contributed by atoms with E-state index in [1.807, 2.05) is 41.4 Å². The summed E-state index contributed by atoms with van der Waals surface area (Å²) in [5.41, 5.74) is 4.24. The van der Waals surface area contributed by atoms with Gasteiger partial charge in [-0.1, -0.05) is 18.2 Å². The zero-order valence-electron chi connectivity index (χ0n) is 19.7. The van der Waals surface area contributed by atoms with Crippen LogP contribution in [0, 0.1) is 5.92 Å². The Morgan fingerprint density at radius 2 is 1.82 bits per heavy atom. The second kappa shape index (κ2) is 8.91. The fraction of sp³-hybridized carbons (Fsp3) is 0.429. The highest BCUT2D eigenvalue weighted by atomic mass is 16.5. The molecule has 1 atom stereocenters. The van der Waals surface area contributed by atoms with Crippen molar-refractivity contribution in [2.75, 3.05) is 18.0 Å². The van der Waals surface area contributed by atoms with E-state index in [1.165, 1.54) is 0 Å². The lowest BCUT2D eigenvalue weighted by atomic mass is 9.92. The van der Waals surface area contributed by atoms with Gasteiger partial charge in [0, 0.05) is 34.8 Å². The van der Waals surface area contributed by atoms with Gasteiger partial charge in [-0.15, -0.1) is 0 Å². The summed E-state index contributed by atoms with van der Waals surface area (Å²) in [6.07, 6.45) is 10.2. The summed E-state index contributed by atoms with van der Waals surface area (Å²) in [4.78, 5) is 15.2. The van der Waals surface area contributed by atoms with E-state index in [4.69, 9.17) is 9.84 Å². The first kappa shape index (κ1) is 21.4. The molecule has 3 aromatic rings. The van der Waals surface area contributed by atoms with Gasteiger partial charge in [-0.2, -0.15) is 5.10 Å². The smallest absolute Gasteiger partial charge is 0.230 e. The van der Waals surface area contributed by atoms with Crippen LogP contribution in [-0.2, 0) is 11.2 Å². The summed E-state index contributed by atoms with van der Waals surface area (Å²) < 4.78 is 8.69. The van der Waals surface area contributed by atoms with Crippen LogP contribution in [0.1, 0.15) is 50.6 Å². The van der Waals surface area contributed by atoms with Crippen LogP contribution in [0.25, 0.3) is 11.1 Å². The van der Waals surface area contributed by atoms with Crippen molar-refractivity contribution in [1.29, 1.82) is 0 Å². The minimum absolute atomic E-state index is 0.190. The number of nitrogens with one attached hydrogen (secondary N) is 1. The van der Waals surface area contributed by atoms with Gasteiger partial charge in [0.05, 0.1) is 17.9 Å². The molecule has 0 unspecified atom stereocenters. The maximum Gasteiger partial charge on any atom is 0.230 e. The zero-order valence-corrected chi connectivity index (χ0v) is 19.7. The molecule has 1 amide bonds. The number of benzene rings is 2. The van der Waals surface area contributed by atoms with Crippen molar-refractivity contribution in [1.82, 2.24) is 15.1 Å². The fourth-order valence-electron chi connectivity index (χ4n) is 5.37. The largest absolute Gasteiger partial charge is 0.456 e. The van der Waals surface area contributed by atoms with Crippen molar-refractivity contribution < 1.29 is 9.53 Å². The first-order valence-electron chi connectivity index (χ1n) is 12.7. The Morgan fingerprint density at radius 1 is 1.03 bits per heavy atom. The van der Waals surface area contributed by atoms with Gasteiger partial charge in [-0.3, -0.25) is 9.48 Å². The Morgan fingerprint density at radius 3 is 2.59 bits per heavy atom. The van der Waals surface area contributed by atoms with Crippen LogP contribution in [-0.4, -0.2) is 34.8 Å². The molecule has 6 rings (SSSR count). The van der Waals surface area contributed by atoms with Crippen molar-refractivity contribution in [3.05, 3.63) is 60.4 Å². The van der Waals surface area contributed by atoms with Crippen LogP contribution < -0.4 is 15.0 Å². The van der Waals surface area contributed by atoms with E-state index in [0.29, 0.717) is 6.04 Å². The number of anilines is 1. The maximum atomic E-state index is 13.2. The SMILES string of the molecule is C[C@H]1CCc2c(ccc(-c3cnn(C4CCNCC4)c3)c2Oc2ccccc2)N1C(=O)C1CC1. The van der Waals surface area contributed by atoms with Gasteiger partial charge in [0.2, 0.25) is 5.91 Å². The number of aromatic nitrogens is 2. The van der Waals surface area contributed by atoms with Crippen LogP contribution in [0.4, 0.5) is 5.69 Å². The standard InChI is InChI=1S/C28H32N4O2/c1-19-7-10-25-26(32(19)28(33)20-8-9-20)12-11-24(27(25)34-23-5-3-2-4-6-23)21-17-30-31(18-21)22-13-15-29-16-14-22/h2-6,11-12,17-20,22,29H,7-10,13-16H2,1H3/t19-/m0/s1. The first-order chi connectivity index (χ1) is 16.7. The highest BCUT2D eigenvalue weighted by molar-refractivity contribution is 5.99. The van der Waals surface area contributed by atoms with E-state index in [2.05, 4.69) is 35.3 Å². The highest BCUT2D eigenvalue weighted by Gasteiger charge is 2.39. The fourth-order valence-corrected chi connectivity index (χ4v) is 5.37. The van der Waals surface area contributed by atoms with Crippen LogP contribution in [0.3, 0.4) is 0 Å². The number of nitrogens with zero attached hydrogens (tertiary/aromatic N) is 3. The molecule has 0 radical (unpaired) electrons. The number of ether oxygens (including phenoxy) is 1. The quantitative estimate of drug-likeness (QED) is 0.563. The third-order valence-corrected chi connectivity index (χ3v) is 7.47. The molecule has 1 aromatic heterocycles. The monoisotopic (exact) mass is 456 g/mol. The van der Waals surface area contributed by atoms with Gasteiger partial charge in [-0.05, 0) is 82.8 Å². The normalized spacial score (nSPS) is 20.7. The summed E-state index contributed by atoms with van der Waals surface area (Å²) in [7, 11) is 0. The number of piperidine rings is 1. The van der Waals surface area contributed by atoms with E-state index in [1.54, 1.807) is 0 Å². The minimum Gasteiger partial charge on any atom is -0.456 e. The van der Waals surface area contributed by atoms with Gasteiger partial charge in [0.1, 0.15) is 11.5 Å². The van der Waals surface area contributed by atoms with Crippen LogP contribution >= 0.6 is 0 Å². The molecular weight excluding hydrogens is 424 g/mol. The predicted molar refractivity (Wildman–Crippen MR) is 133 cm³/mol. The summed E-state index contributed by atoms with van der Waals surface area (Å²) in [6.45, 7) is 4.23. The molecule has 2 aromatic carbocycles. The number of hydrogen-bond acceptors (Lipinski definition) is 4. The molecule has 1 saturated heterocycles. The maximum absolute atomic E-state index is 13.2. The van der Waals surface area contributed by atoms with Crippen molar-refractivity contribution in [2.45, 2.75) is 57.5 Å². The van der Waals surface area contributed by atoms with E-state index in [0.717, 1.165) is 85.5 Å². The Bertz CT molecular complexity index is 1180. The van der Waals surface area contributed by atoms with Crippen LogP contribution in [0.2, 0.25) is 0 Å². The van der Waals surface area contributed by atoms with Crippen molar-refractivity contribution in [3.8, 4) is 22.6 Å². The summed E-state index contributed by atoms with van der Waals surface area (Å²) >= 11 is 0. The molecule has 6 heteroatoms. The molecule has 3 heterocycles. The summed E-state index contributed by atoms with van der Waals surface area (Å²) in [5, 5.41) is 8.16. The average molecular weight is 457 g/mol. The molecule has 34 heavy (non-hydrogen) atoms. The third-order valence-electron chi connectivity index (χ3n) is 7.47. The van der Waals surface area contributed by atoms with Crippen molar-refractivity contribution in [2.24, 2.45) is 5.92 Å². The van der Waals surface area contributed by atoms with Crippen molar-refractivity contribution in [3.63, 3.8) is 0 Å². The van der Waals surface area contributed by atoms with Gasteiger partial charge >= 0.3 is 0 Å². The first-order valence-corrected chi connectivity index (χ1v) is 12.7. The molecule has 6 nitrogen and oxygen atoms in total. The summed E-state index contributed by atoms with van der Waals surface area (Å²) in [6, 6.07) is 14.8. The number of rotatable bonds is 5. The Hall–Kier alpha value is -3.12. The van der Waals surface area contributed by atoms with E-state index in [9.17, 15) is 4.79 Å². The molecule has 176 valence electrons. The molecule has 1 saturated carbocycles. The Labute approximate surface area is 200 Å². The van der Waals surface area contributed by atoms with E-state index in [-0.39, 0.29) is 17.9 Å². The molecule has 0 bridgehead atoms. The summed E-state index contributed by atoms with van der Waals surface area (Å²) in [5.74, 6) is 2.12. The molecule has 0 spiro atoms. The lowest BCUT2D eigenvalue weighted by molar-refractivity contribution is -0.120. The molecular formula is C28H32N4O2. The highest BCUT2D eigenvalue weighted by Crippen LogP contribution is 2.46. The number of carbonyl (C=O) groups excluding carboxylic acids is 1. The van der Waals surface area contributed by atoms with E-state index < -0.39 is 0 Å². The molecule has 1 aliphatic carbocycles. The third kappa shape index (κ3) is 4.00. The zero-order chi connectivity index (χ0) is 23.1. The van der Waals surface area contributed by atoms with Gasteiger partial charge in [0.25, 0.3) is 0 Å². The Balaban J connectivity index is 1.43. The molecule has 3 aliphatic rings. The number of para-hydroxylation sites is 1. The van der Waals surface area contributed by atoms with Gasteiger partial charge < -0.3 is 15.0 Å². The Kier molecular flexibility index (Phi) is 5.61. The topological polar surface area (TPSA) is 59.4 Å².